The topological polar surface area (TPSA) is 62.1 Å². The first-order chi connectivity index (χ1) is 12.7. The Hall–Kier alpha value is -3.10. The van der Waals surface area contributed by atoms with Crippen LogP contribution in [0.15, 0.2) is 60.0 Å². The van der Waals surface area contributed by atoms with Gasteiger partial charge in [0.1, 0.15) is 12.4 Å². The van der Waals surface area contributed by atoms with E-state index in [-0.39, 0.29) is 5.91 Å². The number of nitrogens with zero attached hydrogens (tertiary/aromatic N) is 1. The number of ether oxygens (including phenoxy) is 1. The third-order valence-corrected chi connectivity index (χ3v) is 4.95. The summed E-state index contributed by atoms with van der Waals surface area (Å²) in [7, 11) is 0. The highest BCUT2D eigenvalue weighted by atomic mass is 32.1. The van der Waals surface area contributed by atoms with Crippen molar-refractivity contribution in [1.82, 2.24) is 0 Å². The maximum absolute atomic E-state index is 12.5. The lowest BCUT2D eigenvalue weighted by Crippen LogP contribution is -2.13. The zero-order valence-corrected chi connectivity index (χ0v) is 15.2. The van der Waals surface area contributed by atoms with E-state index in [4.69, 9.17) is 10.00 Å². The predicted octanol–water partition coefficient (Wildman–Crippen LogP) is 4.95. The third-order valence-electron chi connectivity index (χ3n) is 3.93. The van der Waals surface area contributed by atoms with E-state index in [0.717, 1.165) is 28.1 Å². The molecule has 4 nitrogen and oxygen atoms in total. The molecule has 3 aromatic rings. The molecule has 0 unspecified atom stereocenters. The highest BCUT2D eigenvalue weighted by molar-refractivity contribution is 7.12. The summed E-state index contributed by atoms with van der Waals surface area (Å²) in [6.07, 6.45) is 0.386. The number of nitriles is 1. The highest BCUT2D eigenvalue weighted by Gasteiger charge is 2.12. The molecule has 5 heteroatoms. The second-order valence-electron chi connectivity index (χ2n) is 5.81. The van der Waals surface area contributed by atoms with E-state index >= 15 is 0 Å². The van der Waals surface area contributed by atoms with Gasteiger partial charge in [-0.3, -0.25) is 4.79 Å². The summed E-state index contributed by atoms with van der Waals surface area (Å²) in [6.45, 7) is 2.27. The molecular formula is C21H18N2O2S. The molecule has 1 amide bonds. The van der Waals surface area contributed by atoms with Gasteiger partial charge >= 0.3 is 0 Å². The first kappa shape index (κ1) is 17.7. The Morgan fingerprint density at radius 1 is 1.15 bits per heavy atom. The number of anilines is 1. The van der Waals surface area contributed by atoms with E-state index < -0.39 is 0 Å². The minimum absolute atomic E-state index is 0.106. The van der Waals surface area contributed by atoms with Crippen LogP contribution in [0.3, 0.4) is 0 Å². The zero-order chi connectivity index (χ0) is 18.4. The van der Waals surface area contributed by atoms with Crippen LogP contribution in [0.5, 0.6) is 5.75 Å². The van der Waals surface area contributed by atoms with Crippen molar-refractivity contribution in [2.24, 2.45) is 0 Å². The summed E-state index contributed by atoms with van der Waals surface area (Å²) in [4.78, 5) is 13.2. The van der Waals surface area contributed by atoms with Crippen LogP contribution in [-0.2, 0) is 13.0 Å². The Morgan fingerprint density at radius 2 is 1.92 bits per heavy atom. The van der Waals surface area contributed by atoms with E-state index in [1.807, 2.05) is 66.9 Å². The van der Waals surface area contributed by atoms with Gasteiger partial charge in [-0.15, -0.1) is 11.3 Å². The van der Waals surface area contributed by atoms with Gasteiger partial charge in [0.15, 0.2) is 0 Å². The molecule has 0 radical (unpaired) electrons. The highest BCUT2D eigenvalue weighted by Crippen LogP contribution is 2.22. The minimum Gasteiger partial charge on any atom is -0.489 e. The van der Waals surface area contributed by atoms with Gasteiger partial charge in [-0.1, -0.05) is 30.3 Å². The van der Waals surface area contributed by atoms with Crippen LogP contribution in [0, 0.1) is 18.3 Å². The lowest BCUT2D eigenvalue weighted by atomic mass is 10.1. The number of carbonyl (C=O) groups is 1. The van der Waals surface area contributed by atoms with Crippen molar-refractivity contribution in [2.45, 2.75) is 20.0 Å². The molecule has 0 aliphatic carbocycles. The van der Waals surface area contributed by atoms with Crippen molar-refractivity contribution in [1.29, 1.82) is 5.26 Å². The monoisotopic (exact) mass is 362 g/mol. The van der Waals surface area contributed by atoms with E-state index in [0.29, 0.717) is 17.9 Å². The number of hydrogen-bond donors (Lipinski definition) is 1. The number of thiophene rings is 1. The summed E-state index contributed by atoms with van der Waals surface area (Å²) < 4.78 is 5.83. The van der Waals surface area contributed by atoms with Gasteiger partial charge < -0.3 is 10.1 Å². The minimum atomic E-state index is -0.106. The molecule has 130 valence electrons. The van der Waals surface area contributed by atoms with Crippen LogP contribution in [0.2, 0.25) is 0 Å². The van der Waals surface area contributed by atoms with Gasteiger partial charge in [0.05, 0.1) is 17.4 Å². The molecule has 0 aliphatic heterocycles. The number of aryl methyl sites for hydroxylation is 1. The molecule has 0 atom stereocenters. The average molecular weight is 362 g/mol. The standard InChI is InChI=1S/C21H18N2O2S/c1-15-11-13-26-20(15)21(24)23-19-5-3-2-4-17(19)14-25-18-8-6-16(7-9-18)10-12-22/h2-9,11,13H,10,14H2,1H3,(H,23,24). The van der Waals surface area contributed by atoms with E-state index in [2.05, 4.69) is 11.4 Å². The smallest absolute Gasteiger partial charge is 0.266 e. The summed E-state index contributed by atoms with van der Waals surface area (Å²) in [6, 6.07) is 19.1. The predicted molar refractivity (Wildman–Crippen MR) is 104 cm³/mol. The third kappa shape index (κ3) is 4.29. The molecule has 2 aromatic carbocycles. The van der Waals surface area contributed by atoms with E-state index in [1.54, 1.807) is 0 Å². The molecule has 1 heterocycles. The van der Waals surface area contributed by atoms with Crippen LogP contribution in [0.25, 0.3) is 0 Å². The Labute approximate surface area is 156 Å². The van der Waals surface area contributed by atoms with Gasteiger partial charge in [0.2, 0.25) is 0 Å². The molecule has 0 fully saturated rings. The fraction of sp³-hybridized carbons (Fsp3) is 0.143. The molecular weight excluding hydrogens is 344 g/mol. The Morgan fingerprint density at radius 3 is 2.62 bits per heavy atom. The normalized spacial score (nSPS) is 10.2. The number of benzene rings is 2. The number of nitrogens with one attached hydrogen (secondary N) is 1. The van der Waals surface area contributed by atoms with Crippen molar-refractivity contribution >= 4 is 22.9 Å². The molecule has 1 aromatic heterocycles. The van der Waals surface area contributed by atoms with E-state index in [9.17, 15) is 4.79 Å². The maximum atomic E-state index is 12.5. The fourth-order valence-corrected chi connectivity index (χ4v) is 3.33. The first-order valence-corrected chi connectivity index (χ1v) is 9.07. The SMILES string of the molecule is Cc1ccsc1C(=O)Nc1ccccc1COc1ccc(CC#N)cc1. The number of amides is 1. The molecule has 0 aliphatic rings. The fourth-order valence-electron chi connectivity index (χ4n) is 2.51. The molecule has 1 N–H and O–H groups in total. The lowest BCUT2D eigenvalue weighted by Gasteiger charge is -2.12. The van der Waals surface area contributed by atoms with Gasteiger partial charge in [-0.05, 0) is 47.7 Å². The zero-order valence-electron chi connectivity index (χ0n) is 14.4. The number of para-hydroxylation sites is 1. The van der Waals surface area contributed by atoms with E-state index in [1.165, 1.54) is 11.3 Å². The quantitative estimate of drug-likeness (QED) is 0.674. The molecule has 0 spiro atoms. The molecule has 0 saturated carbocycles. The number of carbonyl (C=O) groups excluding carboxylic acids is 1. The summed E-state index contributed by atoms with van der Waals surface area (Å²) >= 11 is 1.43. The van der Waals surface area contributed by atoms with Gasteiger partial charge in [0, 0.05) is 11.3 Å². The first-order valence-electron chi connectivity index (χ1n) is 8.19. The average Bonchev–Trinajstić information content (AvgIpc) is 3.08. The molecule has 3 rings (SSSR count). The van der Waals surface area contributed by atoms with Gasteiger partial charge in [-0.2, -0.15) is 5.26 Å². The van der Waals surface area contributed by atoms with Crippen LogP contribution in [0.4, 0.5) is 5.69 Å². The second kappa shape index (κ2) is 8.32. The second-order valence-corrected chi connectivity index (χ2v) is 6.73. The summed E-state index contributed by atoms with van der Waals surface area (Å²) in [5.41, 5.74) is 3.57. The molecule has 0 saturated heterocycles. The van der Waals surface area contributed by atoms with Crippen molar-refractivity contribution in [3.8, 4) is 11.8 Å². The largest absolute Gasteiger partial charge is 0.489 e. The van der Waals surface area contributed by atoms with Crippen LogP contribution in [-0.4, -0.2) is 5.91 Å². The van der Waals surface area contributed by atoms with Crippen LogP contribution in [0.1, 0.15) is 26.4 Å². The van der Waals surface area contributed by atoms with Crippen molar-refractivity contribution in [3.63, 3.8) is 0 Å². The molecule has 26 heavy (non-hydrogen) atoms. The Bertz CT molecular complexity index is 939. The summed E-state index contributed by atoms with van der Waals surface area (Å²) in [5, 5.41) is 13.6. The van der Waals surface area contributed by atoms with Gasteiger partial charge in [0.25, 0.3) is 5.91 Å². The van der Waals surface area contributed by atoms with Crippen molar-refractivity contribution in [2.75, 3.05) is 5.32 Å². The lowest BCUT2D eigenvalue weighted by molar-refractivity contribution is 0.103. The Kier molecular flexibility index (Phi) is 5.67. The Balaban J connectivity index is 1.68. The van der Waals surface area contributed by atoms with Crippen molar-refractivity contribution < 1.29 is 9.53 Å². The molecule has 0 bridgehead atoms. The number of hydrogen-bond acceptors (Lipinski definition) is 4. The van der Waals surface area contributed by atoms with Gasteiger partial charge in [-0.25, -0.2) is 0 Å². The maximum Gasteiger partial charge on any atom is 0.266 e. The van der Waals surface area contributed by atoms with Crippen molar-refractivity contribution in [3.05, 3.63) is 81.5 Å². The summed E-state index contributed by atoms with van der Waals surface area (Å²) in [5.74, 6) is 0.618. The van der Waals surface area contributed by atoms with Crippen LogP contribution >= 0.6 is 11.3 Å². The number of rotatable bonds is 6. The van der Waals surface area contributed by atoms with Crippen LogP contribution < -0.4 is 10.1 Å².